The highest BCUT2D eigenvalue weighted by Gasteiger charge is 2.11. The molecule has 0 aliphatic rings. The first-order chi connectivity index (χ1) is 10.1. The number of carboxylic acid groups (broad SMARTS) is 1. The van der Waals surface area contributed by atoms with Crippen molar-refractivity contribution in [3.05, 3.63) is 69.7 Å². The predicted octanol–water partition coefficient (Wildman–Crippen LogP) is 2.97. The maximum Gasteiger partial charge on any atom is 0.335 e. The van der Waals surface area contributed by atoms with Gasteiger partial charge in [0.05, 0.1) is 18.2 Å². The van der Waals surface area contributed by atoms with Crippen LogP contribution in [0, 0.1) is 0 Å². The number of aliphatic hydroxyl groups excluding tert-OH is 1. The molecule has 0 aliphatic carbocycles. The molecule has 0 unspecified atom stereocenters. The van der Waals surface area contributed by atoms with E-state index < -0.39 is 5.97 Å². The van der Waals surface area contributed by atoms with E-state index in [1.807, 2.05) is 30.3 Å². The van der Waals surface area contributed by atoms with Gasteiger partial charge in [-0.3, -0.25) is 0 Å². The van der Waals surface area contributed by atoms with Crippen molar-refractivity contribution in [1.29, 1.82) is 0 Å². The van der Waals surface area contributed by atoms with Crippen molar-refractivity contribution >= 4 is 21.9 Å². The molecule has 0 radical (unpaired) electrons. The molecule has 0 heterocycles. The summed E-state index contributed by atoms with van der Waals surface area (Å²) in [5.41, 5.74) is 2.19. The third kappa shape index (κ3) is 4.14. The van der Waals surface area contributed by atoms with Gasteiger partial charge in [0.1, 0.15) is 0 Å². The van der Waals surface area contributed by atoms with Gasteiger partial charge < -0.3 is 15.5 Å². The standard InChI is InChI=1S/C16H16BrNO3/c17-14-8-12(16(20)21)6-7-13(14)9-18-15(10-19)11-4-2-1-3-5-11/h1-8,15,18-19H,9-10H2,(H,20,21)/t15-/m1/s1. The zero-order valence-electron chi connectivity index (χ0n) is 11.3. The number of nitrogens with one attached hydrogen (secondary N) is 1. The number of aromatic carboxylic acids is 1. The molecule has 0 bridgehead atoms. The number of carboxylic acids is 1. The van der Waals surface area contributed by atoms with E-state index in [-0.39, 0.29) is 18.2 Å². The average Bonchev–Trinajstić information content (AvgIpc) is 2.50. The van der Waals surface area contributed by atoms with Crippen molar-refractivity contribution in [1.82, 2.24) is 5.32 Å². The lowest BCUT2D eigenvalue weighted by atomic mass is 10.1. The van der Waals surface area contributed by atoms with E-state index in [2.05, 4.69) is 21.2 Å². The van der Waals surface area contributed by atoms with Crippen LogP contribution < -0.4 is 5.32 Å². The Bertz CT molecular complexity index is 616. The van der Waals surface area contributed by atoms with Crippen LogP contribution in [0.1, 0.15) is 27.5 Å². The highest BCUT2D eigenvalue weighted by Crippen LogP contribution is 2.20. The zero-order valence-corrected chi connectivity index (χ0v) is 12.9. The van der Waals surface area contributed by atoms with Crippen molar-refractivity contribution in [2.45, 2.75) is 12.6 Å². The van der Waals surface area contributed by atoms with E-state index in [4.69, 9.17) is 5.11 Å². The third-order valence-corrected chi connectivity index (χ3v) is 3.96. The Morgan fingerprint density at radius 3 is 2.48 bits per heavy atom. The van der Waals surface area contributed by atoms with Gasteiger partial charge >= 0.3 is 5.97 Å². The Morgan fingerprint density at radius 2 is 1.90 bits per heavy atom. The minimum atomic E-state index is -0.951. The van der Waals surface area contributed by atoms with Gasteiger partial charge in [0.2, 0.25) is 0 Å². The monoisotopic (exact) mass is 349 g/mol. The molecule has 0 saturated carbocycles. The van der Waals surface area contributed by atoms with Crippen molar-refractivity contribution < 1.29 is 15.0 Å². The first kappa shape index (κ1) is 15.7. The van der Waals surface area contributed by atoms with Crippen LogP contribution in [0.2, 0.25) is 0 Å². The van der Waals surface area contributed by atoms with E-state index in [1.165, 1.54) is 0 Å². The van der Waals surface area contributed by atoms with Gasteiger partial charge in [-0.2, -0.15) is 0 Å². The van der Waals surface area contributed by atoms with Gasteiger partial charge in [0.25, 0.3) is 0 Å². The number of rotatable bonds is 6. The largest absolute Gasteiger partial charge is 0.478 e. The SMILES string of the molecule is O=C(O)c1ccc(CN[C@H](CO)c2ccccc2)c(Br)c1. The smallest absolute Gasteiger partial charge is 0.335 e. The molecule has 0 spiro atoms. The van der Waals surface area contributed by atoms with E-state index in [1.54, 1.807) is 18.2 Å². The molecule has 110 valence electrons. The van der Waals surface area contributed by atoms with Crippen molar-refractivity contribution in [2.75, 3.05) is 6.61 Å². The van der Waals surface area contributed by atoms with E-state index in [9.17, 15) is 9.90 Å². The van der Waals surface area contributed by atoms with Gasteiger partial charge in [-0.1, -0.05) is 52.3 Å². The topological polar surface area (TPSA) is 69.6 Å². The molecule has 0 saturated heterocycles. The Kier molecular flexibility index (Phi) is 5.50. The molecule has 4 nitrogen and oxygen atoms in total. The summed E-state index contributed by atoms with van der Waals surface area (Å²) >= 11 is 3.38. The summed E-state index contributed by atoms with van der Waals surface area (Å²) in [4.78, 5) is 10.9. The molecule has 1 atom stereocenters. The number of aliphatic hydroxyl groups is 1. The van der Waals surface area contributed by atoms with E-state index in [0.29, 0.717) is 6.54 Å². The molecule has 0 aromatic heterocycles. The molecule has 5 heteroatoms. The van der Waals surface area contributed by atoms with Crippen LogP contribution in [0.5, 0.6) is 0 Å². The van der Waals surface area contributed by atoms with Gasteiger partial charge in [-0.05, 0) is 23.3 Å². The van der Waals surface area contributed by atoms with Crippen LogP contribution in [0.3, 0.4) is 0 Å². The Hall–Kier alpha value is -1.69. The Morgan fingerprint density at radius 1 is 1.19 bits per heavy atom. The summed E-state index contributed by atoms with van der Waals surface area (Å²) in [6.07, 6.45) is 0. The molecule has 0 aliphatic heterocycles. The van der Waals surface area contributed by atoms with Gasteiger partial charge in [0.15, 0.2) is 0 Å². The third-order valence-electron chi connectivity index (χ3n) is 3.22. The molecular weight excluding hydrogens is 334 g/mol. The van der Waals surface area contributed by atoms with Crippen LogP contribution >= 0.6 is 15.9 Å². The number of benzene rings is 2. The Labute approximate surface area is 131 Å². The first-order valence-electron chi connectivity index (χ1n) is 6.52. The maximum atomic E-state index is 10.9. The molecule has 2 aromatic carbocycles. The first-order valence-corrected chi connectivity index (χ1v) is 7.32. The maximum absolute atomic E-state index is 10.9. The summed E-state index contributed by atoms with van der Waals surface area (Å²) in [6, 6.07) is 14.5. The number of hydrogen-bond acceptors (Lipinski definition) is 3. The molecular formula is C16H16BrNO3. The number of carbonyl (C=O) groups is 1. The number of halogens is 1. The Balaban J connectivity index is 2.07. The fourth-order valence-corrected chi connectivity index (χ4v) is 2.55. The van der Waals surface area contributed by atoms with Crippen LogP contribution in [0.4, 0.5) is 0 Å². The summed E-state index contributed by atoms with van der Waals surface area (Å²) in [7, 11) is 0. The van der Waals surface area contributed by atoms with Gasteiger partial charge in [-0.25, -0.2) is 4.79 Å². The number of hydrogen-bond donors (Lipinski definition) is 3. The fourth-order valence-electron chi connectivity index (χ4n) is 2.03. The minimum absolute atomic E-state index is 0.00512. The summed E-state index contributed by atoms with van der Waals surface area (Å²) in [6.45, 7) is 0.523. The van der Waals surface area contributed by atoms with Crippen molar-refractivity contribution in [2.24, 2.45) is 0 Å². The summed E-state index contributed by atoms with van der Waals surface area (Å²) < 4.78 is 0.736. The molecule has 2 aromatic rings. The van der Waals surface area contributed by atoms with E-state index >= 15 is 0 Å². The van der Waals surface area contributed by atoms with Crippen LogP contribution in [-0.2, 0) is 6.54 Å². The van der Waals surface area contributed by atoms with E-state index in [0.717, 1.165) is 15.6 Å². The fraction of sp³-hybridized carbons (Fsp3) is 0.188. The zero-order chi connectivity index (χ0) is 15.2. The lowest BCUT2D eigenvalue weighted by Gasteiger charge is -2.17. The lowest BCUT2D eigenvalue weighted by Crippen LogP contribution is -2.24. The second kappa shape index (κ2) is 7.36. The summed E-state index contributed by atoms with van der Waals surface area (Å²) in [5.74, 6) is -0.951. The van der Waals surface area contributed by atoms with Crippen LogP contribution in [-0.4, -0.2) is 22.8 Å². The molecule has 0 fully saturated rings. The molecule has 3 N–H and O–H groups in total. The predicted molar refractivity (Wildman–Crippen MR) is 84.2 cm³/mol. The quantitative estimate of drug-likeness (QED) is 0.749. The highest BCUT2D eigenvalue weighted by molar-refractivity contribution is 9.10. The lowest BCUT2D eigenvalue weighted by molar-refractivity contribution is 0.0697. The molecule has 0 amide bonds. The van der Waals surface area contributed by atoms with Gasteiger partial charge in [-0.15, -0.1) is 0 Å². The second-order valence-electron chi connectivity index (χ2n) is 4.64. The molecule has 21 heavy (non-hydrogen) atoms. The average molecular weight is 350 g/mol. The van der Waals surface area contributed by atoms with Crippen molar-refractivity contribution in [3.63, 3.8) is 0 Å². The highest BCUT2D eigenvalue weighted by atomic mass is 79.9. The normalized spacial score (nSPS) is 12.1. The van der Waals surface area contributed by atoms with Gasteiger partial charge in [0, 0.05) is 11.0 Å². The molecule has 2 rings (SSSR count). The minimum Gasteiger partial charge on any atom is -0.478 e. The van der Waals surface area contributed by atoms with Crippen LogP contribution in [0.25, 0.3) is 0 Å². The second-order valence-corrected chi connectivity index (χ2v) is 5.49. The van der Waals surface area contributed by atoms with Crippen molar-refractivity contribution in [3.8, 4) is 0 Å². The van der Waals surface area contributed by atoms with Crippen LogP contribution in [0.15, 0.2) is 53.0 Å². The summed E-state index contributed by atoms with van der Waals surface area (Å²) in [5, 5.41) is 21.7.